The van der Waals surface area contributed by atoms with E-state index in [0.717, 1.165) is 16.6 Å². The lowest BCUT2D eigenvalue weighted by Gasteiger charge is -2.04. The molecule has 0 unspecified atom stereocenters. The standard InChI is InChI=1S/C13H13NO3S3/c15-12(7-18-8-13(16)17)14-6-9-3-4-11(20-9)10-2-1-5-19-10/h1-5H,6-8H2,(H,14,15)(H,16,17)/p-1. The van der Waals surface area contributed by atoms with Crippen molar-refractivity contribution in [1.29, 1.82) is 0 Å². The maximum Gasteiger partial charge on any atom is 0.230 e. The van der Waals surface area contributed by atoms with E-state index in [9.17, 15) is 14.7 Å². The van der Waals surface area contributed by atoms with Gasteiger partial charge in [-0.1, -0.05) is 6.07 Å². The summed E-state index contributed by atoms with van der Waals surface area (Å²) in [6.07, 6.45) is 0. The maximum atomic E-state index is 11.5. The number of nitrogens with one attached hydrogen (secondary N) is 1. The Morgan fingerprint density at radius 1 is 1.20 bits per heavy atom. The number of carbonyl (C=O) groups excluding carboxylic acids is 2. The molecule has 0 aromatic carbocycles. The molecule has 20 heavy (non-hydrogen) atoms. The number of thiophene rings is 2. The van der Waals surface area contributed by atoms with E-state index in [4.69, 9.17) is 0 Å². The second kappa shape index (κ2) is 7.47. The fraction of sp³-hybridized carbons (Fsp3) is 0.231. The summed E-state index contributed by atoms with van der Waals surface area (Å²) in [5, 5.41) is 15.0. The molecule has 0 aliphatic rings. The van der Waals surface area contributed by atoms with Gasteiger partial charge in [-0.15, -0.1) is 34.4 Å². The highest BCUT2D eigenvalue weighted by Gasteiger charge is 2.06. The highest BCUT2D eigenvalue weighted by Crippen LogP contribution is 2.31. The van der Waals surface area contributed by atoms with E-state index in [2.05, 4.69) is 11.4 Å². The van der Waals surface area contributed by atoms with Crippen LogP contribution in [0.1, 0.15) is 4.88 Å². The predicted octanol–water partition coefficient (Wildman–Crippen LogP) is 1.58. The first-order valence-corrected chi connectivity index (χ1v) is 8.67. The van der Waals surface area contributed by atoms with Crippen LogP contribution < -0.4 is 10.4 Å². The molecule has 1 amide bonds. The van der Waals surface area contributed by atoms with E-state index in [1.165, 1.54) is 9.75 Å². The Balaban J connectivity index is 1.77. The van der Waals surface area contributed by atoms with Gasteiger partial charge in [-0.05, 0) is 23.6 Å². The normalized spacial score (nSPS) is 10.4. The Labute approximate surface area is 128 Å². The van der Waals surface area contributed by atoms with Gasteiger partial charge < -0.3 is 15.2 Å². The summed E-state index contributed by atoms with van der Waals surface area (Å²) in [4.78, 5) is 25.2. The van der Waals surface area contributed by atoms with Crippen molar-refractivity contribution in [2.24, 2.45) is 0 Å². The quantitative estimate of drug-likeness (QED) is 0.839. The molecule has 2 heterocycles. The van der Waals surface area contributed by atoms with Crippen molar-refractivity contribution in [3.05, 3.63) is 34.5 Å². The van der Waals surface area contributed by atoms with Crippen LogP contribution in [0.4, 0.5) is 0 Å². The first-order chi connectivity index (χ1) is 9.65. The third-order valence-electron chi connectivity index (χ3n) is 2.34. The molecule has 2 aromatic rings. The second-order valence-corrected chi connectivity index (χ2v) is 6.99. The van der Waals surface area contributed by atoms with E-state index in [0.29, 0.717) is 6.54 Å². The van der Waals surface area contributed by atoms with Gasteiger partial charge in [0.05, 0.1) is 18.3 Å². The molecule has 1 N–H and O–H groups in total. The summed E-state index contributed by atoms with van der Waals surface area (Å²) in [5.74, 6) is -1.34. The number of thioether (sulfide) groups is 1. The molecule has 0 atom stereocenters. The van der Waals surface area contributed by atoms with Crippen LogP contribution in [0.5, 0.6) is 0 Å². The Morgan fingerprint density at radius 3 is 2.75 bits per heavy atom. The molecular weight excluding hydrogens is 314 g/mol. The van der Waals surface area contributed by atoms with Crippen molar-refractivity contribution in [1.82, 2.24) is 5.32 Å². The van der Waals surface area contributed by atoms with E-state index < -0.39 is 5.97 Å². The lowest BCUT2D eigenvalue weighted by molar-refractivity contribution is -0.301. The molecule has 0 saturated heterocycles. The van der Waals surface area contributed by atoms with Gasteiger partial charge in [-0.3, -0.25) is 4.79 Å². The van der Waals surface area contributed by atoms with Crippen LogP contribution >= 0.6 is 34.4 Å². The topological polar surface area (TPSA) is 69.2 Å². The van der Waals surface area contributed by atoms with Crippen LogP contribution in [0.15, 0.2) is 29.6 Å². The van der Waals surface area contributed by atoms with Crippen molar-refractivity contribution in [3.63, 3.8) is 0 Å². The molecule has 0 saturated carbocycles. The number of carbonyl (C=O) groups is 2. The van der Waals surface area contributed by atoms with Gasteiger partial charge in [-0.25, -0.2) is 0 Å². The molecule has 0 aliphatic carbocycles. The summed E-state index contributed by atoms with van der Waals surface area (Å²) in [7, 11) is 0. The summed E-state index contributed by atoms with van der Waals surface area (Å²) < 4.78 is 0. The molecule has 0 aliphatic heterocycles. The third kappa shape index (κ3) is 4.66. The second-order valence-electron chi connectivity index (χ2n) is 3.88. The number of carboxylic acids is 1. The van der Waals surface area contributed by atoms with Crippen LogP contribution in [-0.4, -0.2) is 23.4 Å². The van der Waals surface area contributed by atoms with Gasteiger partial charge in [0, 0.05) is 20.4 Å². The van der Waals surface area contributed by atoms with Gasteiger partial charge in [0.25, 0.3) is 0 Å². The SMILES string of the molecule is O=C([O-])CSCC(=O)NCc1ccc(-c2cccs2)s1. The number of amides is 1. The zero-order valence-corrected chi connectivity index (χ0v) is 12.9. The van der Waals surface area contributed by atoms with Crippen molar-refractivity contribution in [2.75, 3.05) is 11.5 Å². The summed E-state index contributed by atoms with van der Waals surface area (Å²) >= 11 is 4.37. The summed E-state index contributed by atoms with van der Waals surface area (Å²) in [5.41, 5.74) is 0. The zero-order valence-electron chi connectivity index (χ0n) is 10.5. The number of aliphatic carboxylic acids is 1. The molecule has 0 bridgehead atoms. The average Bonchev–Trinajstić information content (AvgIpc) is 3.06. The Morgan fingerprint density at radius 2 is 2.05 bits per heavy atom. The largest absolute Gasteiger partial charge is 0.549 e. The Hall–Kier alpha value is -1.31. The van der Waals surface area contributed by atoms with Crippen LogP contribution in [0.3, 0.4) is 0 Å². The van der Waals surface area contributed by atoms with E-state index in [1.807, 2.05) is 23.6 Å². The lowest BCUT2D eigenvalue weighted by Crippen LogP contribution is -2.27. The molecule has 2 aromatic heterocycles. The minimum Gasteiger partial charge on any atom is -0.549 e. The molecule has 7 heteroatoms. The fourth-order valence-corrected chi connectivity index (χ4v) is 3.83. The summed E-state index contributed by atoms with van der Waals surface area (Å²) in [6, 6.07) is 8.11. The lowest BCUT2D eigenvalue weighted by atomic mass is 10.3. The number of hydrogen-bond acceptors (Lipinski definition) is 6. The Bertz CT molecular complexity index is 577. The van der Waals surface area contributed by atoms with Crippen molar-refractivity contribution >= 4 is 46.3 Å². The van der Waals surface area contributed by atoms with Gasteiger partial charge in [0.15, 0.2) is 0 Å². The molecule has 106 valence electrons. The first kappa shape index (κ1) is 15.1. The minimum absolute atomic E-state index is 0.136. The van der Waals surface area contributed by atoms with Crippen LogP contribution in [0, 0.1) is 0 Å². The summed E-state index contributed by atoms with van der Waals surface area (Å²) in [6.45, 7) is 0.473. The van der Waals surface area contributed by atoms with Crippen molar-refractivity contribution < 1.29 is 14.7 Å². The average molecular weight is 326 g/mol. The molecule has 4 nitrogen and oxygen atoms in total. The van der Waals surface area contributed by atoms with Gasteiger partial charge in [-0.2, -0.15) is 0 Å². The molecule has 2 rings (SSSR count). The first-order valence-electron chi connectivity index (χ1n) is 5.82. The molecular formula is C13H12NO3S3-. The van der Waals surface area contributed by atoms with Gasteiger partial charge >= 0.3 is 0 Å². The smallest absolute Gasteiger partial charge is 0.230 e. The maximum absolute atomic E-state index is 11.5. The zero-order chi connectivity index (χ0) is 14.4. The highest BCUT2D eigenvalue weighted by atomic mass is 32.2. The van der Waals surface area contributed by atoms with Crippen LogP contribution in [0.2, 0.25) is 0 Å². The number of rotatable bonds is 7. The fourth-order valence-electron chi connectivity index (χ4n) is 1.49. The van der Waals surface area contributed by atoms with Gasteiger partial charge in [0.2, 0.25) is 5.91 Å². The van der Waals surface area contributed by atoms with E-state index >= 15 is 0 Å². The predicted molar refractivity (Wildman–Crippen MR) is 81.8 cm³/mol. The Kier molecular flexibility index (Phi) is 5.63. The minimum atomic E-state index is -1.15. The van der Waals surface area contributed by atoms with E-state index in [1.54, 1.807) is 22.7 Å². The van der Waals surface area contributed by atoms with Crippen molar-refractivity contribution in [3.8, 4) is 9.75 Å². The van der Waals surface area contributed by atoms with Gasteiger partial charge in [0.1, 0.15) is 0 Å². The molecule has 0 spiro atoms. The van der Waals surface area contributed by atoms with E-state index in [-0.39, 0.29) is 17.4 Å². The number of hydrogen-bond donors (Lipinski definition) is 1. The van der Waals surface area contributed by atoms with Crippen LogP contribution in [0.25, 0.3) is 9.75 Å². The molecule has 0 radical (unpaired) electrons. The van der Waals surface area contributed by atoms with Crippen LogP contribution in [-0.2, 0) is 16.1 Å². The molecule has 0 fully saturated rings. The van der Waals surface area contributed by atoms with Crippen molar-refractivity contribution in [2.45, 2.75) is 6.54 Å². The number of carboxylic acid groups (broad SMARTS) is 1. The monoisotopic (exact) mass is 326 g/mol. The third-order valence-corrected chi connectivity index (χ3v) is 5.40. The highest BCUT2D eigenvalue weighted by molar-refractivity contribution is 8.00.